The van der Waals surface area contributed by atoms with Gasteiger partial charge < -0.3 is 14.6 Å². The Morgan fingerprint density at radius 3 is 2.76 bits per heavy atom. The van der Waals surface area contributed by atoms with Gasteiger partial charge in [-0.25, -0.2) is 9.37 Å². The van der Waals surface area contributed by atoms with Crippen molar-refractivity contribution in [3.8, 4) is 6.07 Å². The molecular weight excluding hydrogens is 319 g/mol. The van der Waals surface area contributed by atoms with E-state index in [0.29, 0.717) is 17.9 Å². The molecule has 1 aliphatic rings. The fraction of sp³-hybridized carbons (Fsp3) is 0.263. The number of para-hydroxylation sites is 2. The maximum atomic E-state index is 14.3. The van der Waals surface area contributed by atoms with Crippen molar-refractivity contribution in [2.75, 3.05) is 18.0 Å². The van der Waals surface area contributed by atoms with E-state index < -0.39 is 12.3 Å². The number of fused-ring (bicyclic) bond motifs is 1. The van der Waals surface area contributed by atoms with E-state index in [-0.39, 0.29) is 13.2 Å². The van der Waals surface area contributed by atoms with E-state index in [4.69, 9.17) is 10.00 Å². The van der Waals surface area contributed by atoms with Crippen LogP contribution in [-0.4, -0.2) is 35.3 Å². The summed E-state index contributed by atoms with van der Waals surface area (Å²) in [5.74, 6) is 0.699. The van der Waals surface area contributed by atoms with E-state index in [9.17, 15) is 4.39 Å². The first-order valence-electron chi connectivity index (χ1n) is 8.17. The number of nitrogens with zero attached hydrogens (tertiary/aromatic N) is 3. The predicted octanol–water partition coefficient (Wildman–Crippen LogP) is 3.18. The molecular formula is C19H17FN4O. The molecule has 1 aromatic heterocycles. The van der Waals surface area contributed by atoms with Crippen molar-refractivity contribution in [3.05, 3.63) is 59.9 Å². The molecule has 0 aliphatic carbocycles. The summed E-state index contributed by atoms with van der Waals surface area (Å²) in [6.45, 7) is 1.02. The third-order valence-corrected chi connectivity index (χ3v) is 4.43. The van der Waals surface area contributed by atoms with Crippen LogP contribution >= 0.6 is 0 Å². The van der Waals surface area contributed by atoms with Crippen molar-refractivity contribution >= 4 is 16.7 Å². The number of benzene rings is 2. The Hall–Kier alpha value is -2.91. The second-order valence-electron chi connectivity index (χ2n) is 6.13. The summed E-state index contributed by atoms with van der Waals surface area (Å²) < 4.78 is 20.1. The topological polar surface area (TPSA) is 64.9 Å². The smallest absolute Gasteiger partial charge is 0.145 e. The van der Waals surface area contributed by atoms with Crippen molar-refractivity contribution in [2.45, 2.75) is 18.9 Å². The molecule has 25 heavy (non-hydrogen) atoms. The Morgan fingerprint density at radius 1 is 1.20 bits per heavy atom. The zero-order valence-corrected chi connectivity index (χ0v) is 13.5. The molecule has 126 valence electrons. The molecule has 0 amide bonds. The summed E-state index contributed by atoms with van der Waals surface area (Å²) in [7, 11) is 0. The van der Waals surface area contributed by atoms with E-state index in [0.717, 1.165) is 16.7 Å². The van der Waals surface area contributed by atoms with Crippen LogP contribution in [-0.2, 0) is 11.3 Å². The predicted molar refractivity (Wildman–Crippen MR) is 92.9 cm³/mol. The van der Waals surface area contributed by atoms with E-state index in [1.165, 1.54) is 0 Å². The monoisotopic (exact) mass is 336 g/mol. The lowest BCUT2D eigenvalue weighted by molar-refractivity contribution is 0.0115. The van der Waals surface area contributed by atoms with Gasteiger partial charge in [0.1, 0.15) is 24.7 Å². The Morgan fingerprint density at radius 2 is 2.00 bits per heavy atom. The van der Waals surface area contributed by atoms with Crippen molar-refractivity contribution in [1.29, 1.82) is 5.26 Å². The van der Waals surface area contributed by atoms with Crippen LogP contribution in [0.3, 0.4) is 0 Å². The van der Waals surface area contributed by atoms with Gasteiger partial charge in [-0.15, -0.1) is 0 Å². The fourth-order valence-electron chi connectivity index (χ4n) is 3.11. The number of nitriles is 1. The number of nitrogens with one attached hydrogen (secondary N) is 1. The van der Waals surface area contributed by atoms with Crippen LogP contribution in [0.1, 0.15) is 11.4 Å². The zero-order chi connectivity index (χ0) is 17.2. The van der Waals surface area contributed by atoms with E-state index in [2.05, 4.69) is 16.0 Å². The fourth-order valence-corrected chi connectivity index (χ4v) is 3.11. The molecule has 4 rings (SSSR count). The molecule has 0 saturated carbocycles. The first-order chi connectivity index (χ1) is 12.2. The lowest BCUT2D eigenvalue weighted by Gasteiger charge is -2.18. The summed E-state index contributed by atoms with van der Waals surface area (Å²) >= 11 is 0. The summed E-state index contributed by atoms with van der Waals surface area (Å²) in [6, 6.07) is 17.0. The molecule has 0 spiro atoms. The highest BCUT2D eigenvalue weighted by Crippen LogP contribution is 2.25. The number of hydrogen-bond donors (Lipinski definition) is 1. The average molecular weight is 336 g/mol. The molecule has 2 aromatic carbocycles. The van der Waals surface area contributed by atoms with Crippen molar-refractivity contribution in [1.82, 2.24) is 9.97 Å². The summed E-state index contributed by atoms with van der Waals surface area (Å²) in [4.78, 5) is 9.57. The molecule has 2 atom stereocenters. The molecule has 6 heteroatoms. The minimum Gasteiger partial charge on any atom is -0.366 e. The largest absolute Gasteiger partial charge is 0.366 e. The number of ether oxygens (including phenoxy) is 1. The summed E-state index contributed by atoms with van der Waals surface area (Å²) in [6.07, 6.45) is -1.55. The number of imidazole rings is 1. The maximum Gasteiger partial charge on any atom is 0.145 e. The highest BCUT2D eigenvalue weighted by molar-refractivity contribution is 5.74. The SMILES string of the molecule is N#Cc1ccc(N2C[C@@H](F)[C@@H](OCc3nc4ccccc4[nH]3)C2)cc1. The molecule has 2 heterocycles. The standard InChI is InChI=1S/C19H17FN4O/c20-15-10-24(14-7-5-13(9-21)6-8-14)11-18(15)25-12-19-22-16-3-1-2-4-17(16)23-19/h1-8,15,18H,10-12H2,(H,22,23)/t15-,18+/m1/s1. The van der Waals surface area contributed by atoms with Crippen LogP contribution in [0.25, 0.3) is 11.0 Å². The van der Waals surface area contributed by atoms with Gasteiger partial charge in [0.05, 0.1) is 29.2 Å². The molecule has 5 nitrogen and oxygen atoms in total. The lowest BCUT2D eigenvalue weighted by atomic mass is 10.2. The first-order valence-corrected chi connectivity index (χ1v) is 8.17. The molecule has 1 fully saturated rings. The molecule has 0 unspecified atom stereocenters. The number of aromatic nitrogens is 2. The van der Waals surface area contributed by atoms with Gasteiger partial charge in [-0.05, 0) is 36.4 Å². The van der Waals surface area contributed by atoms with E-state index in [1.54, 1.807) is 12.1 Å². The van der Waals surface area contributed by atoms with Crippen LogP contribution in [0.5, 0.6) is 0 Å². The number of H-pyrrole nitrogens is 1. The van der Waals surface area contributed by atoms with Gasteiger partial charge in [-0.1, -0.05) is 12.1 Å². The van der Waals surface area contributed by atoms with E-state index in [1.807, 2.05) is 41.3 Å². The highest BCUT2D eigenvalue weighted by atomic mass is 19.1. The van der Waals surface area contributed by atoms with Crippen molar-refractivity contribution in [3.63, 3.8) is 0 Å². The van der Waals surface area contributed by atoms with Gasteiger partial charge in [0.15, 0.2) is 0 Å². The molecule has 0 bridgehead atoms. The Kier molecular flexibility index (Phi) is 4.08. The second kappa shape index (κ2) is 6.54. The molecule has 1 aliphatic heterocycles. The minimum atomic E-state index is -1.06. The highest BCUT2D eigenvalue weighted by Gasteiger charge is 2.34. The Labute approximate surface area is 144 Å². The van der Waals surface area contributed by atoms with Gasteiger partial charge in [-0.2, -0.15) is 5.26 Å². The summed E-state index contributed by atoms with van der Waals surface area (Å²) in [5.41, 5.74) is 3.32. The number of anilines is 1. The summed E-state index contributed by atoms with van der Waals surface area (Å²) in [5, 5.41) is 8.86. The number of hydrogen-bond acceptors (Lipinski definition) is 4. The quantitative estimate of drug-likeness (QED) is 0.795. The van der Waals surface area contributed by atoms with Gasteiger partial charge in [0, 0.05) is 12.2 Å². The molecule has 3 aromatic rings. The van der Waals surface area contributed by atoms with Crippen LogP contribution in [0.15, 0.2) is 48.5 Å². The van der Waals surface area contributed by atoms with Crippen LogP contribution in [0.4, 0.5) is 10.1 Å². The second-order valence-corrected chi connectivity index (χ2v) is 6.13. The van der Waals surface area contributed by atoms with Crippen molar-refractivity contribution in [2.24, 2.45) is 0 Å². The number of aromatic amines is 1. The van der Waals surface area contributed by atoms with Crippen molar-refractivity contribution < 1.29 is 9.13 Å². The zero-order valence-electron chi connectivity index (χ0n) is 13.5. The van der Waals surface area contributed by atoms with Gasteiger partial charge in [0.2, 0.25) is 0 Å². The Balaban J connectivity index is 1.40. The van der Waals surface area contributed by atoms with Crippen LogP contribution in [0.2, 0.25) is 0 Å². The van der Waals surface area contributed by atoms with Gasteiger partial charge in [0.25, 0.3) is 0 Å². The minimum absolute atomic E-state index is 0.251. The van der Waals surface area contributed by atoms with Crippen LogP contribution < -0.4 is 4.90 Å². The number of halogens is 1. The third kappa shape index (κ3) is 3.19. The number of rotatable bonds is 4. The first kappa shape index (κ1) is 15.6. The van der Waals surface area contributed by atoms with Crippen LogP contribution in [0, 0.1) is 11.3 Å². The third-order valence-electron chi connectivity index (χ3n) is 4.43. The average Bonchev–Trinajstić information content (AvgIpc) is 3.23. The van der Waals surface area contributed by atoms with Gasteiger partial charge >= 0.3 is 0 Å². The molecule has 0 radical (unpaired) electrons. The Bertz CT molecular complexity index is 882. The normalized spacial score (nSPS) is 20.1. The molecule has 1 N–H and O–H groups in total. The maximum absolute atomic E-state index is 14.3. The number of alkyl halides is 1. The molecule has 1 saturated heterocycles. The van der Waals surface area contributed by atoms with Gasteiger partial charge in [-0.3, -0.25) is 0 Å². The van der Waals surface area contributed by atoms with E-state index >= 15 is 0 Å². The lowest BCUT2D eigenvalue weighted by Crippen LogP contribution is -2.24.